The average molecular weight is 689 g/mol. The number of hydrogen-bond acceptors (Lipinski definition) is 6. The van der Waals surface area contributed by atoms with Crippen molar-refractivity contribution in [3.63, 3.8) is 0 Å². The van der Waals surface area contributed by atoms with Gasteiger partial charge in [0, 0.05) is 61.8 Å². The number of ether oxygens (including phenoxy) is 1. The molecule has 1 N–H and O–H groups in total. The monoisotopic (exact) mass is 688 g/mol. The van der Waals surface area contributed by atoms with Gasteiger partial charge in [-0.1, -0.05) is 50.2 Å². The zero-order valence-electron chi connectivity index (χ0n) is 31.4. The van der Waals surface area contributed by atoms with Crippen LogP contribution >= 0.6 is 0 Å². The summed E-state index contributed by atoms with van der Waals surface area (Å²) in [6.45, 7) is 20.3. The lowest BCUT2D eigenvalue weighted by atomic mass is 9.82. The Morgan fingerprint density at radius 1 is 0.900 bits per heavy atom. The third-order valence-electron chi connectivity index (χ3n) is 9.27. The van der Waals surface area contributed by atoms with Gasteiger partial charge < -0.3 is 24.5 Å². The second kappa shape index (κ2) is 16.8. The van der Waals surface area contributed by atoms with Gasteiger partial charge in [0.05, 0.1) is 24.3 Å². The van der Waals surface area contributed by atoms with Crippen molar-refractivity contribution in [1.82, 2.24) is 14.8 Å². The summed E-state index contributed by atoms with van der Waals surface area (Å²) in [5.41, 5.74) is 7.56. The van der Waals surface area contributed by atoms with Crippen LogP contribution in [0.3, 0.4) is 0 Å². The lowest BCUT2D eigenvalue weighted by Gasteiger charge is -2.40. The van der Waals surface area contributed by atoms with E-state index in [9.17, 15) is 14.0 Å². The van der Waals surface area contributed by atoms with Gasteiger partial charge in [0.15, 0.2) is 0 Å². The number of urea groups is 1. The molecule has 5 rings (SSSR count). The topological polar surface area (TPSA) is 86.2 Å². The fourth-order valence-electron chi connectivity index (χ4n) is 6.57. The van der Waals surface area contributed by atoms with Gasteiger partial charge in [-0.3, -0.25) is 9.78 Å². The molecule has 0 unspecified atom stereocenters. The summed E-state index contributed by atoms with van der Waals surface area (Å²) >= 11 is 0. The molecule has 8 nitrogen and oxygen atoms in total. The van der Waals surface area contributed by atoms with E-state index in [1.807, 2.05) is 30.6 Å². The van der Waals surface area contributed by atoms with Crippen LogP contribution in [-0.2, 0) is 29.0 Å². The van der Waals surface area contributed by atoms with Crippen molar-refractivity contribution < 1.29 is 23.8 Å². The zero-order valence-corrected chi connectivity index (χ0v) is 31.4. The highest BCUT2D eigenvalue weighted by Crippen LogP contribution is 2.41. The molecule has 2 saturated heterocycles. The third-order valence-corrected chi connectivity index (χ3v) is 9.27. The number of benzene rings is 2. The van der Waals surface area contributed by atoms with Gasteiger partial charge in [-0.2, -0.15) is 0 Å². The molecule has 0 aliphatic carbocycles. The number of nitrogens with zero attached hydrogens (tertiary/aromatic N) is 4. The first-order chi connectivity index (χ1) is 23.5. The minimum absolute atomic E-state index is 0.0124. The summed E-state index contributed by atoms with van der Waals surface area (Å²) < 4.78 is 19.0. The number of aromatic nitrogens is 1. The maximum absolute atomic E-state index is 13.6. The molecule has 2 amide bonds. The molecular weight excluding hydrogens is 631 g/mol. The largest absolute Gasteiger partial charge is 0.466 e. The van der Waals surface area contributed by atoms with E-state index in [2.05, 4.69) is 43.0 Å². The van der Waals surface area contributed by atoms with Crippen LogP contribution in [0.15, 0.2) is 48.5 Å². The molecule has 2 aromatic carbocycles. The summed E-state index contributed by atoms with van der Waals surface area (Å²) in [5, 5.41) is 8.52. The first-order valence-electron chi connectivity index (χ1n) is 18.1. The standard InChI is InChI=1S/C37H47FN4O3.C4H10O/c1-6-45-33(43)23-32-26(2)39-27(3)34(35(32)40-21-17-37(4,5)18-22-40)30-13-9-28(10-14-30)24-42(36(44)41-19-7-8-20-41)25-29-11-15-31(38)16-12-29;1-4(2,3)5/h9-16H,6-8,17-25H2,1-5H3;5H,1-3H3. The molecule has 272 valence electrons. The molecule has 3 aromatic rings. The summed E-state index contributed by atoms with van der Waals surface area (Å²) in [5.74, 6) is -0.527. The van der Waals surface area contributed by atoms with Gasteiger partial charge in [0.2, 0.25) is 0 Å². The van der Waals surface area contributed by atoms with Gasteiger partial charge in [0.1, 0.15) is 5.82 Å². The maximum Gasteiger partial charge on any atom is 0.320 e. The molecule has 2 aliphatic rings. The fourth-order valence-corrected chi connectivity index (χ4v) is 6.57. The van der Waals surface area contributed by atoms with E-state index in [1.54, 1.807) is 32.9 Å². The number of likely N-dealkylation sites (tertiary alicyclic amines) is 1. The molecule has 1 aromatic heterocycles. The quantitative estimate of drug-likeness (QED) is 0.228. The number of amides is 2. The minimum atomic E-state index is -0.500. The van der Waals surface area contributed by atoms with Crippen molar-refractivity contribution >= 4 is 17.7 Å². The normalized spacial score (nSPS) is 15.7. The summed E-state index contributed by atoms with van der Waals surface area (Å²) in [6, 6.07) is 14.8. The van der Waals surface area contributed by atoms with Gasteiger partial charge in [-0.25, -0.2) is 9.18 Å². The van der Waals surface area contributed by atoms with Crippen molar-refractivity contribution in [2.24, 2.45) is 5.41 Å². The Hall–Kier alpha value is -3.98. The second-order valence-electron chi connectivity index (χ2n) is 15.4. The van der Waals surface area contributed by atoms with Crippen molar-refractivity contribution in [2.45, 2.75) is 106 Å². The molecule has 0 saturated carbocycles. The van der Waals surface area contributed by atoms with Crippen LogP contribution < -0.4 is 4.90 Å². The first-order valence-corrected chi connectivity index (χ1v) is 18.1. The molecule has 9 heteroatoms. The number of hydrogen-bond donors (Lipinski definition) is 1. The van der Waals surface area contributed by atoms with Gasteiger partial charge >= 0.3 is 12.0 Å². The Morgan fingerprint density at radius 3 is 1.94 bits per heavy atom. The van der Waals surface area contributed by atoms with Crippen molar-refractivity contribution in [1.29, 1.82) is 0 Å². The number of rotatable bonds is 9. The highest BCUT2D eigenvalue weighted by atomic mass is 19.1. The Morgan fingerprint density at radius 2 is 1.42 bits per heavy atom. The number of pyridine rings is 1. The van der Waals surface area contributed by atoms with Crippen LogP contribution in [0.5, 0.6) is 0 Å². The van der Waals surface area contributed by atoms with Crippen LogP contribution in [0.1, 0.15) is 95.3 Å². The Balaban J connectivity index is 0.00000105. The number of carbonyl (C=O) groups is 2. The third kappa shape index (κ3) is 11.0. The molecule has 2 fully saturated rings. The van der Waals surface area contributed by atoms with E-state index in [0.29, 0.717) is 19.7 Å². The lowest BCUT2D eigenvalue weighted by molar-refractivity contribution is -0.142. The number of piperidine rings is 1. The number of aliphatic hydroxyl groups is 1. The molecule has 0 atom stereocenters. The molecule has 0 bridgehead atoms. The van der Waals surface area contributed by atoms with Crippen molar-refractivity contribution in [3.05, 3.63) is 82.4 Å². The van der Waals surface area contributed by atoms with E-state index in [0.717, 1.165) is 96.8 Å². The Kier molecular flexibility index (Phi) is 13.1. The van der Waals surface area contributed by atoms with Crippen LogP contribution in [0, 0.1) is 25.1 Å². The Labute approximate surface area is 298 Å². The SMILES string of the molecule is CC(C)(C)O.CCOC(=O)Cc1c(C)nc(C)c(-c2ccc(CN(Cc3ccc(F)cc3)C(=O)N3CCCC3)cc2)c1N1CCC(C)(C)CC1. The van der Waals surface area contributed by atoms with E-state index in [-0.39, 0.29) is 29.7 Å². The lowest BCUT2D eigenvalue weighted by Crippen LogP contribution is -2.41. The number of anilines is 1. The van der Waals surface area contributed by atoms with Crippen LogP contribution in [0.25, 0.3) is 11.1 Å². The number of halogens is 1. The second-order valence-corrected chi connectivity index (χ2v) is 15.4. The molecule has 2 aliphatic heterocycles. The summed E-state index contributed by atoms with van der Waals surface area (Å²) in [6.07, 6.45) is 4.36. The molecule has 0 radical (unpaired) electrons. The Bertz CT molecular complexity index is 1580. The van der Waals surface area contributed by atoms with Gasteiger partial charge in [0.25, 0.3) is 0 Å². The fraction of sp³-hybridized carbons (Fsp3) is 0.537. The van der Waals surface area contributed by atoms with Gasteiger partial charge in [-0.15, -0.1) is 0 Å². The van der Waals surface area contributed by atoms with Crippen LogP contribution in [0.4, 0.5) is 14.9 Å². The van der Waals surface area contributed by atoms with Crippen molar-refractivity contribution in [3.8, 4) is 11.1 Å². The van der Waals surface area contributed by atoms with Crippen LogP contribution in [0.2, 0.25) is 0 Å². The summed E-state index contributed by atoms with van der Waals surface area (Å²) in [4.78, 5) is 37.4. The number of aryl methyl sites for hydroxylation is 2. The van der Waals surface area contributed by atoms with Crippen molar-refractivity contribution in [2.75, 3.05) is 37.7 Å². The maximum atomic E-state index is 13.6. The first kappa shape index (κ1) is 38.8. The molecule has 0 spiro atoms. The highest BCUT2D eigenvalue weighted by Gasteiger charge is 2.31. The van der Waals surface area contributed by atoms with Gasteiger partial charge in [-0.05, 0) is 101 Å². The zero-order chi connectivity index (χ0) is 36.6. The molecule has 50 heavy (non-hydrogen) atoms. The van der Waals surface area contributed by atoms with E-state index in [1.165, 1.54) is 12.1 Å². The van der Waals surface area contributed by atoms with E-state index >= 15 is 0 Å². The highest BCUT2D eigenvalue weighted by molar-refractivity contribution is 5.87. The number of carbonyl (C=O) groups excluding carboxylic acids is 2. The summed E-state index contributed by atoms with van der Waals surface area (Å²) in [7, 11) is 0. The molecule has 3 heterocycles. The predicted octanol–water partition coefficient (Wildman–Crippen LogP) is 8.23. The predicted molar refractivity (Wildman–Crippen MR) is 199 cm³/mol. The number of esters is 1. The molecular formula is C41H57FN4O4. The van der Waals surface area contributed by atoms with Crippen LogP contribution in [-0.4, -0.2) is 70.3 Å². The minimum Gasteiger partial charge on any atom is -0.466 e. The van der Waals surface area contributed by atoms with E-state index in [4.69, 9.17) is 14.8 Å². The van der Waals surface area contributed by atoms with E-state index < -0.39 is 5.60 Å². The smallest absolute Gasteiger partial charge is 0.320 e. The average Bonchev–Trinajstić information content (AvgIpc) is 3.58.